The monoisotopic (exact) mass is 311 g/mol. The van der Waals surface area contributed by atoms with Gasteiger partial charge in [0.1, 0.15) is 0 Å². The fourth-order valence-electron chi connectivity index (χ4n) is 2.69. The molecule has 0 amide bonds. The van der Waals surface area contributed by atoms with Gasteiger partial charge in [-0.3, -0.25) is 0 Å². The van der Waals surface area contributed by atoms with Gasteiger partial charge in [-0.15, -0.1) is 0 Å². The van der Waals surface area contributed by atoms with Crippen LogP contribution in [-0.4, -0.2) is 26.0 Å². The quantitative estimate of drug-likeness (QED) is 0.843. The summed E-state index contributed by atoms with van der Waals surface area (Å²) in [5.74, 6) is 0.390. The molecule has 0 radical (unpaired) electrons. The van der Waals surface area contributed by atoms with Crippen molar-refractivity contribution < 1.29 is 8.42 Å². The molecule has 6 heteroatoms. The van der Waals surface area contributed by atoms with Crippen molar-refractivity contribution in [3.05, 3.63) is 23.9 Å². The molecule has 1 aromatic heterocycles. The topological polar surface area (TPSA) is 71.1 Å². The Hall–Kier alpha value is -0.980. The Morgan fingerprint density at radius 1 is 1.29 bits per heavy atom. The summed E-state index contributed by atoms with van der Waals surface area (Å²) in [6.07, 6.45) is 5.91. The number of nitrogens with one attached hydrogen (secondary N) is 2. The molecule has 2 N–H and O–H groups in total. The highest BCUT2D eigenvalue weighted by molar-refractivity contribution is 7.89. The van der Waals surface area contributed by atoms with E-state index in [0.717, 1.165) is 31.4 Å². The lowest BCUT2D eigenvalue weighted by molar-refractivity contribution is 0.310. The van der Waals surface area contributed by atoms with Crippen molar-refractivity contribution in [3.63, 3.8) is 0 Å². The molecule has 1 heterocycles. The summed E-state index contributed by atoms with van der Waals surface area (Å²) in [6.45, 7) is 5.72. The summed E-state index contributed by atoms with van der Waals surface area (Å²) >= 11 is 0. The van der Waals surface area contributed by atoms with Crippen molar-refractivity contribution in [1.82, 2.24) is 15.0 Å². The molecule has 0 aromatic carbocycles. The van der Waals surface area contributed by atoms with Crippen molar-refractivity contribution in [2.24, 2.45) is 5.92 Å². The van der Waals surface area contributed by atoms with Gasteiger partial charge in [-0.05, 0) is 36.9 Å². The average Bonchev–Trinajstić information content (AvgIpc) is 2.48. The number of pyridine rings is 1. The lowest BCUT2D eigenvalue weighted by Gasteiger charge is -2.29. The van der Waals surface area contributed by atoms with Crippen LogP contribution >= 0.6 is 0 Å². The van der Waals surface area contributed by atoms with Gasteiger partial charge in [0, 0.05) is 18.8 Å². The Balaban J connectivity index is 2.04. The molecule has 0 bridgehead atoms. The summed E-state index contributed by atoms with van der Waals surface area (Å²) in [7, 11) is -3.51. The second kappa shape index (κ2) is 7.33. The predicted octanol–water partition coefficient (Wildman–Crippen LogP) is 2.05. The molecule has 0 spiro atoms. The maximum atomic E-state index is 12.4. The van der Waals surface area contributed by atoms with E-state index in [-0.39, 0.29) is 11.1 Å². The standard InChI is InChI=1S/C15H25N3O2S/c1-3-16-10-13-8-9-15(17-11-13)21(19,20)18-14-7-5-4-6-12(14)2/h8-9,11-12,14,16,18H,3-7,10H2,1-2H3. The van der Waals surface area contributed by atoms with Crippen molar-refractivity contribution in [2.75, 3.05) is 6.54 Å². The molecule has 1 fully saturated rings. The Labute approximate surface area is 127 Å². The van der Waals surface area contributed by atoms with Crippen LogP contribution in [-0.2, 0) is 16.6 Å². The zero-order valence-electron chi connectivity index (χ0n) is 12.8. The van der Waals surface area contributed by atoms with Crippen LogP contribution in [0.5, 0.6) is 0 Å². The second-order valence-electron chi connectivity index (χ2n) is 5.77. The van der Waals surface area contributed by atoms with E-state index in [9.17, 15) is 8.42 Å². The van der Waals surface area contributed by atoms with Crippen LogP contribution in [0.25, 0.3) is 0 Å². The third-order valence-electron chi connectivity index (χ3n) is 4.07. The van der Waals surface area contributed by atoms with E-state index in [1.54, 1.807) is 12.3 Å². The number of nitrogens with zero attached hydrogens (tertiary/aromatic N) is 1. The van der Waals surface area contributed by atoms with Gasteiger partial charge < -0.3 is 5.32 Å². The van der Waals surface area contributed by atoms with Crippen molar-refractivity contribution >= 4 is 10.0 Å². The number of aromatic nitrogens is 1. The van der Waals surface area contributed by atoms with Gasteiger partial charge in [0.15, 0.2) is 5.03 Å². The first-order chi connectivity index (χ1) is 10.0. The first kappa shape index (κ1) is 16.4. The van der Waals surface area contributed by atoms with Crippen molar-refractivity contribution in [3.8, 4) is 0 Å². The van der Waals surface area contributed by atoms with E-state index in [1.165, 1.54) is 6.42 Å². The largest absolute Gasteiger partial charge is 0.313 e. The normalized spacial score (nSPS) is 23.1. The molecule has 21 heavy (non-hydrogen) atoms. The maximum absolute atomic E-state index is 12.4. The molecule has 1 aliphatic rings. The molecule has 0 saturated heterocycles. The van der Waals surface area contributed by atoms with Gasteiger partial charge in [0.25, 0.3) is 10.0 Å². The molecular weight excluding hydrogens is 286 g/mol. The van der Waals surface area contributed by atoms with Gasteiger partial charge in [0.2, 0.25) is 0 Å². The highest BCUT2D eigenvalue weighted by Gasteiger charge is 2.27. The Morgan fingerprint density at radius 2 is 2.05 bits per heavy atom. The van der Waals surface area contributed by atoms with E-state index >= 15 is 0 Å². The zero-order chi connectivity index (χ0) is 15.3. The molecule has 118 valence electrons. The van der Waals surface area contributed by atoms with Gasteiger partial charge in [-0.25, -0.2) is 18.1 Å². The number of sulfonamides is 1. The van der Waals surface area contributed by atoms with Crippen molar-refractivity contribution in [1.29, 1.82) is 0 Å². The minimum Gasteiger partial charge on any atom is -0.313 e. The molecule has 0 aliphatic heterocycles. The maximum Gasteiger partial charge on any atom is 0.258 e. The molecule has 1 saturated carbocycles. The highest BCUT2D eigenvalue weighted by atomic mass is 32.2. The van der Waals surface area contributed by atoms with Gasteiger partial charge >= 0.3 is 0 Å². The smallest absolute Gasteiger partial charge is 0.258 e. The third-order valence-corrected chi connectivity index (χ3v) is 5.48. The fraction of sp³-hybridized carbons (Fsp3) is 0.667. The first-order valence-corrected chi connectivity index (χ1v) is 9.19. The number of rotatable bonds is 6. The number of hydrogen-bond donors (Lipinski definition) is 2. The van der Waals surface area contributed by atoms with Crippen LogP contribution in [0.3, 0.4) is 0 Å². The van der Waals surface area contributed by atoms with E-state index in [1.807, 2.05) is 13.0 Å². The van der Waals surface area contributed by atoms with E-state index in [4.69, 9.17) is 0 Å². The molecule has 2 rings (SSSR count). The van der Waals surface area contributed by atoms with E-state index in [2.05, 4.69) is 21.9 Å². The van der Waals surface area contributed by atoms with E-state index < -0.39 is 10.0 Å². The lowest BCUT2D eigenvalue weighted by Crippen LogP contribution is -2.41. The first-order valence-electron chi connectivity index (χ1n) is 7.71. The van der Waals surface area contributed by atoms with Crippen molar-refractivity contribution in [2.45, 2.75) is 57.1 Å². The zero-order valence-corrected chi connectivity index (χ0v) is 13.6. The second-order valence-corrected chi connectivity index (χ2v) is 7.44. The average molecular weight is 311 g/mol. The molecule has 5 nitrogen and oxygen atoms in total. The van der Waals surface area contributed by atoms with Crippen LogP contribution in [0.2, 0.25) is 0 Å². The summed E-state index contributed by atoms with van der Waals surface area (Å²) in [5.41, 5.74) is 0.988. The summed E-state index contributed by atoms with van der Waals surface area (Å²) in [6, 6.07) is 3.43. The molecule has 2 atom stereocenters. The minimum atomic E-state index is -3.51. The summed E-state index contributed by atoms with van der Waals surface area (Å²) in [4.78, 5) is 4.10. The van der Waals surface area contributed by atoms with Crippen LogP contribution in [0, 0.1) is 5.92 Å². The van der Waals surface area contributed by atoms with Crippen LogP contribution in [0.4, 0.5) is 0 Å². The Morgan fingerprint density at radius 3 is 2.67 bits per heavy atom. The van der Waals surface area contributed by atoms with E-state index in [0.29, 0.717) is 12.5 Å². The highest BCUT2D eigenvalue weighted by Crippen LogP contribution is 2.25. The van der Waals surface area contributed by atoms with Crippen LogP contribution < -0.4 is 10.0 Å². The minimum absolute atomic E-state index is 0.0342. The Kier molecular flexibility index (Phi) is 5.72. The lowest BCUT2D eigenvalue weighted by atomic mass is 9.87. The van der Waals surface area contributed by atoms with Crippen LogP contribution in [0.15, 0.2) is 23.4 Å². The van der Waals surface area contributed by atoms with Gasteiger partial charge in [0.05, 0.1) is 0 Å². The van der Waals surface area contributed by atoms with Crippen LogP contribution in [0.1, 0.15) is 45.1 Å². The summed E-state index contributed by atoms with van der Waals surface area (Å²) in [5, 5.41) is 3.30. The predicted molar refractivity (Wildman–Crippen MR) is 83.4 cm³/mol. The van der Waals surface area contributed by atoms with Gasteiger partial charge in [-0.2, -0.15) is 0 Å². The SMILES string of the molecule is CCNCc1ccc(S(=O)(=O)NC2CCCCC2C)nc1. The molecular formula is C15H25N3O2S. The summed E-state index contributed by atoms with van der Waals surface area (Å²) < 4.78 is 27.6. The Bertz CT molecular complexity index is 543. The molecule has 1 aromatic rings. The fourth-order valence-corrected chi connectivity index (χ4v) is 4.00. The molecule has 1 aliphatic carbocycles. The third kappa shape index (κ3) is 4.49. The number of hydrogen-bond acceptors (Lipinski definition) is 4. The van der Waals surface area contributed by atoms with Gasteiger partial charge in [-0.1, -0.05) is 32.8 Å². The molecule has 2 unspecified atom stereocenters.